The monoisotopic (exact) mass is 1020 g/mol. The van der Waals surface area contributed by atoms with E-state index in [9.17, 15) is 2.74 Å². The molecule has 5 heteroatoms. The Kier molecular flexibility index (Phi) is 11.1. The standard InChI is InChI=1S/C73H66N4O/c1-71(2,3)45-47-39-49(41-51(40-47)73(7,8)9)56-30-18-31-61-59-27-15-13-25-57(59)58-26-14-16-28-60(58)62-32-20-34-65-70(62)76(69(56)61)46-75(65)52-23-17-24-53(43-52)78-54-35-36-63-66(44-54)77(67-42-50(37-38-74-67)72(4,5)6)64-33-19-29-55(68(63)64)48-21-11-10-12-22-48/h10-44H,45-46H2,1-9H3/i45D2. The Labute approximate surface area is 461 Å². The number of anilines is 2. The second kappa shape index (κ2) is 18.5. The number of aromatic nitrogens is 3. The maximum Gasteiger partial charge on any atom is 0.137 e. The lowest BCUT2D eigenvalue weighted by molar-refractivity contribution is 0.411. The van der Waals surface area contributed by atoms with Gasteiger partial charge in [-0.05, 0) is 126 Å². The Bertz CT molecular complexity index is 4530. The van der Waals surface area contributed by atoms with E-state index in [1.165, 1.54) is 27.3 Å². The van der Waals surface area contributed by atoms with E-state index in [0.29, 0.717) is 12.2 Å². The van der Waals surface area contributed by atoms with Crippen molar-refractivity contribution in [2.24, 2.45) is 5.41 Å². The van der Waals surface area contributed by atoms with Gasteiger partial charge in [0.1, 0.15) is 24.0 Å². The molecule has 0 N–H and O–H groups in total. The van der Waals surface area contributed by atoms with Crippen LogP contribution in [0.3, 0.4) is 0 Å². The highest BCUT2D eigenvalue weighted by atomic mass is 16.5. The van der Waals surface area contributed by atoms with E-state index in [1.54, 1.807) is 0 Å². The van der Waals surface area contributed by atoms with Gasteiger partial charge in [-0.15, -0.1) is 0 Å². The van der Waals surface area contributed by atoms with Crippen LogP contribution in [-0.2, 0) is 23.9 Å². The minimum atomic E-state index is -1.61. The van der Waals surface area contributed by atoms with Crippen LogP contribution in [0.4, 0.5) is 11.4 Å². The van der Waals surface area contributed by atoms with Crippen molar-refractivity contribution in [3.05, 3.63) is 229 Å². The quantitative estimate of drug-likeness (QED) is 0.160. The van der Waals surface area contributed by atoms with Crippen molar-refractivity contribution in [1.82, 2.24) is 14.1 Å². The molecule has 0 unspecified atom stereocenters. The molecular formula is C73H66N4O. The molecule has 1 aliphatic heterocycles. The van der Waals surface area contributed by atoms with Crippen LogP contribution in [0.15, 0.2) is 212 Å². The van der Waals surface area contributed by atoms with Crippen LogP contribution < -0.4 is 9.64 Å². The number of para-hydroxylation sites is 2. The van der Waals surface area contributed by atoms with Gasteiger partial charge in [-0.1, -0.05) is 208 Å². The molecule has 4 heterocycles. The number of hydrogen-bond donors (Lipinski definition) is 0. The average Bonchev–Trinajstić information content (AvgIpc) is 4.17. The molecule has 0 saturated heterocycles. The Morgan fingerprint density at radius 1 is 0.474 bits per heavy atom. The van der Waals surface area contributed by atoms with Crippen LogP contribution in [0, 0.1) is 5.41 Å². The summed E-state index contributed by atoms with van der Waals surface area (Å²) >= 11 is 0. The molecule has 0 aliphatic carbocycles. The SMILES string of the molecule is [2H]C([2H])(c1cc(-c2cccc3c4ccccc4c4ccccc4c4cccc5c4n(c23)CN5c2cccc(Oc3ccc4c5c(-c6ccccc6)cccc5n(-c5cc(C(C)(C)C)ccn5)c4c3)c2)cc(C(C)(C)C)c1)C(C)(C)C. The second-order valence-corrected chi connectivity index (χ2v) is 24.2. The van der Waals surface area contributed by atoms with E-state index in [4.69, 9.17) is 9.72 Å². The first-order valence-corrected chi connectivity index (χ1v) is 27.4. The van der Waals surface area contributed by atoms with Gasteiger partial charge in [-0.25, -0.2) is 4.98 Å². The zero-order valence-corrected chi connectivity index (χ0v) is 46.1. The maximum atomic E-state index is 9.62. The summed E-state index contributed by atoms with van der Waals surface area (Å²) in [5, 5.41) is 9.19. The minimum Gasteiger partial charge on any atom is -0.457 e. The molecule has 0 radical (unpaired) electrons. The Morgan fingerprint density at radius 2 is 1.09 bits per heavy atom. The number of fused-ring (bicyclic) bond motifs is 10. The molecule has 0 atom stereocenters. The summed E-state index contributed by atoms with van der Waals surface area (Å²) in [6.45, 7) is 19.9. The third kappa shape index (κ3) is 8.62. The molecular weight excluding hydrogens is 949 g/mol. The Hall–Kier alpha value is -8.67. The van der Waals surface area contributed by atoms with E-state index < -0.39 is 11.8 Å². The topological polar surface area (TPSA) is 35.2 Å². The van der Waals surface area contributed by atoms with Gasteiger partial charge in [-0.2, -0.15) is 0 Å². The van der Waals surface area contributed by atoms with Gasteiger partial charge in [0.2, 0.25) is 0 Å². The number of rotatable bonds is 7. The molecule has 9 aromatic carbocycles. The first kappa shape index (κ1) is 46.6. The van der Waals surface area contributed by atoms with Crippen LogP contribution in [-0.4, -0.2) is 14.1 Å². The minimum absolute atomic E-state index is 0.0660. The first-order valence-electron chi connectivity index (χ1n) is 28.4. The van der Waals surface area contributed by atoms with Crippen LogP contribution in [0.2, 0.25) is 0 Å². The predicted octanol–water partition coefficient (Wildman–Crippen LogP) is 20.1. The van der Waals surface area contributed by atoms with Crippen molar-refractivity contribution >= 4 is 76.5 Å². The summed E-state index contributed by atoms with van der Waals surface area (Å²) in [6, 6.07) is 74.0. The largest absolute Gasteiger partial charge is 0.457 e. The fourth-order valence-electron chi connectivity index (χ4n) is 11.9. The van der Waals surface area contributed by atoms with E-state index in [1.807, 2.05) is 33.0 Å². The molecule has 0 bridgehead atoms. The smallest absolute Gasteiger partial charge is 0.137 e. The zero-order valence-electron chi connectivity index (χ0n) is 48.1. The first-order chi connectivity index (χ1) is 38.3. The molecule has 12 aromatic rings. The third-order valence-corrected chi connectivity index (χ3v) is 15.6. The van der Waals surface area contributed by atoms with Gasteiger partial charge in [0.25, 0.3) is 0 Å². The fourth-order valence-corrected chi connectivity index (χ4v) is 11.9. The lowest BCUT2D eigenvalue weighted by Gasteiger charge is -2.25. The van der Waals surface area contributed by atoms with Gasteiger partial charge in [0, 0.05) is 53.9 Å². The van der Waals surface area contributed by atoms with Crippen molar-refractivity contribution < 1.29 is 7.48 Å². The summed E-state index contributed by atoms with van der Waals surface area (Å²) in [5.41, 5.74) is 12.8. The Morgan fingerprint density at radius 3 is 1.79 bits per heavy atom. The summed E-state index contributed by atoms with van der Waals surface area (Å²) in [4.78, 5) is 7.43. The van der Waals surface area contributed by atoms with Gasteiger partial charge >= 0.3 is 0 Å². The fraction of sp³-hybridized carbons (Fsp3) is 0.192. The lowest BCUT2D eigenvalue weighted by Crippen LogP contribution is -2.15. The molecule has 0 amide bonds. The van der Waals surface area contributed by atoms with Crippen LogP contribution in [0.25, 0.3) is 93.2 Å². The van der Waals surface area contributed by atoms with Crippen LogP contribution in [0.1, 0.15) is 81.7 Å². The molecule has 0 spiro atoms. The normalized spacial score (nSPS) is 13.5. The molecule has 5 nitrogen and oxygen atoms in total. The van der Waals surface area contributed by atoms with E-state index in [0.717, 1.165) is 99.9 Å². The number of nitrogens with zero attached hydrogens (tertiary/aromatic N) is 4. The average molecular weight is 1020 g/mol. The molecule has 13 rings (SSSR count). The predicted molar refractivity (Wildman–Crippen MR) is 331 cm³/mol. The second-order valence-electron chi connectivity index (χ2n) is 24.2. The summed E-state index contributed by atoms with van der Waals surface area (Å²) in [6.07, 6.45) is 0.320. The van der Waals surface area contributed by atoms with E-state index in [2.05, 4.69) is 256 Å². The Balaban J connectivity index is 1.01. The van der Waals surface area contributed by atoms with Gasteiger partial charge in [0.05, 0.1) is 27.8 Å². The van der Waals surface area contributed by atoms with Crippen LogP contribution in [0.5, 0.6) is 11.5 Å². The van der Waals surface area contributed by atoms with Gasteiger partial charge in [-0.3, -0.25) is 4.57 Å². The summed E-state index contributed by atoms with van der Waals surface area (Å²) < 4.78 is 31.1. The molecule has 384 valence electrons. The summed E-state index contributed by atoms with van der Waals surface area (Å²) in [5.74, 6) is 2.31. The highest BCUT2D eigenvalue weighted by Crippen LogP contribution is 2.47. The zero-order chi connectivity index (χ0) is 55.5. The van der Waals surface area contributed by atoms with E-state index in [-0.39, 0.29) is 10.8 Å². The van der Waals surface area contributed by atoms with Crippen LogP contribution >= 0.6 is 0 Å². The molecule has 1 aliphatic rings. The van der Waals surface area contributed by atoms with Crippen molar-refractivity contribution in [1.29, 1.82) is 0 Å². The molecule has 0 fully saturated rings. The van der Waals surface area contributed by atoms with E-state index >= 15 is 0 Å². The molecule has 0 saturated carbocycles. The lowest BCUT2D eigenvalue weighted by atomic mass is 9.81. The van der Waals surface area contributed by atoms with Crippen molar-refractivity contribution in [3.8, 4) is 39.6 Å². The van der Waals surface area contributed by atoms with Crippen molar-refractivity contribution in [2.75, 3.05) is 4.90 Å². The molecule has 3 aromatic heterocycles. The summed E-state index contributed by atoms with van der Waals surface area (Å²) in [7, 11) is 0. The van der Waals surface area contributed by atoms with Crippen molar-refractivity contribution in [2.45, 2.75) is 86.2 Å². The van der Waals surface area contributed by atoms with Gasteiger partial charge < -0.3 is 14.2 Å². The van der Waals surface area contributed by atoms with Gasteiger partial charge in [0.15, 0.2) is 0 Å². The number of benzene rings is 9. The highest BCUT2D eigenvalue weighted by Gasteiger charge is 2.27. The van der Waals surface area contributed by atoms with Crippen molar-refractivity contribution in [3.63, 3.8) is 0 Å². The third-order valence-electron chi connectivity index (χ3n) is 15.6. The maximum absolute atomic E-state index is 9.62. The highest BCUT2D eigenvalue weighted by molar-refractivity contribution is 6.22. The number of ether oxygens (including phenoxy) is 1. The number of hydrogen-bond acceptors (Lipinski definition) is 3. The number of pyridine rings is 1. The molecule has 78 heavy (non-hydrogen) atoms.